The molecule has 0 aliphatic carbocycles. The molecule has 1 heterocycles. The summed E-state index contributed by atoms with van der Waals surface area (Å²) in [6, 6.07) is 0. The number of hydrogen-bond acceptors (Lipinski definition) is 4. The summed E-state index contributed by atoms with van der Waals surface area (Å²) < 4.78 is 4.99. The highest BCUT2D eigenvalue weighted by atomic mass is 16.6. The van der Waals surface area contributed by atoms with Crippen LogP contribution in [-0.4, -0.2) is 34.0 Å². The van der Waals surface area contributed by atoms with E-state index < -0.39 is 29.2 Å². The van der Waals surface area contributed by atoms with Crippen molar-refractivity contribution in [2.75, 3.05) is 0 Å². The van der Waals surface area contributed by atoms with Gasteiger partial charge < -0.3 is 14.9 Å². The fraction of sp³-hybridized carbons (Fsp3) is 0.923. The summed E-state index contributed by atoms with van der Waals surface area (Å²) in [7, 11) is 0. The van der Waals surface area contributed by atoms with Gasteiger partial charge >= 0.3 is 5.97 Å². The highest BCUT2D eigenvalue weighted by Gasteiger charge is 2.60. The molecule has 0 bridgehead atoms. The standard InChI is InChI=1S/C9H16O4.2C2H6/c1-5(10)9(4)6(11)8(2,3)13-7(9)12;2*1-2/h5-6,10-11H,1-4H3;2*1-2H3. The lowest BCUT2D eigenvalue weighted by Crippen LogP contribution is -2.47. The van der Waals surface area contributed by atoms with E-state index in [4.69, 9.17) is 4.74 Å². The Morgan fingerprint density at radius 1 is 1.18 bits per heavy atom. The predicted molar refractivity (Wildman–Crippen MR) is 68.7 cm³/mol. The van der Waals surface area contributed by atoms with Gasteiger partial charge in [-0.15, -0.1) is 0 Å². The van der Waals surface area contributed by atoms with E-state index >= 15 is 0 Å². The SMILES string of the molecule is CC.CC.CC(O)C1(C)C(=O)OC(C)(C)C1O. The van der Waals surface area contributed by atoms with Crippen molar-refractivity contribution in [3.05, 3.63) is 0 Å². The fourth-order valence-electron chi connectivity index (χ4n) is 1.64. The number of esters is 1. The van der Waals surface area contributed by atoms with Gasteiger partial charge in [0.15, 0.2) is 0 Å². The molecule has 4 nitrogen and oxygen atoms in total. The number of cyclic esters (lactones) is 1. The van der Waals surface area contributed by atoms with Crippen molar-refractivity contribution in [2.45, 2.75) is 73.2 Å². The van der Waals surface area contributed by atoms with Crippen LogP contribution in [0.25, 0.3) is 0 Å². The molecule has 0 amide bonds. The summed E-state index contributed by atoms with van der Waals surface area (Å²) in [5.74, 6) is -0.542. The Bertz CT molecular complexity index is 236. The van der Waals surface area contributed by atoms with Crippen molar-refractivity contribution >= 4 is 5.97 Å². The van der Waals surface area contributed by atoms with Crippen molar-refractivity contribution in [2.24, 2.45) is 5.41 Å². The first-order chi connectivity index (χ1) is 7.73. The minimum Gasteiger partial charge on any atom is -0.456 e. The normalized spacial score (nSPS) is 31.4. The Hall–Kier alpha value is -0.610. The summed E-state index contributed by atoms with van der Waals surface area (Å²) in [6.45, 7) is 14.2. The maximum absolute atomic E-state index is 11.4. The Kier molecular flexibility index (Phi) is 7.68. The van der Waals surface area contributed by atoms with Gasteiger partial charge in [0.05, 0.1) is 6.10 Å². The lowest BCUT2D eigenvalue weighted by Gasteiger charge is -2.29. The molecular weight excluding hydrogens is 220 g/mol. The molecule has 17 heavy (non-hydrogen) atoms. The van der Waals surface area contributed by atoms with Crippen LogP contribution < -0.4 is 0 Å². The molecule has 0 saturated carbocycles. The van der Waals surface area contributed by atoms with Crippen LogP contribution in [0.1, 0.15) is 55.4 Å². The lowest BCUT2D eigenvalue weighted by atomic mass is 9.76. The van der Waals surface area contributed by atoms with Crippen molar-refractivity contribution in [1.29, 1.82) is 0 Å². The number of rotatable bonds is 1. The smallest absolute Gasteiger partial charge is 0.317 e. The van der Waals surface area contributed by atoms with Gasteiger partial charge in [0.1, 0.15) is 17.1 Å². The molecule has 1 aliphatic rings. The van der Waals surface area contributed by atoms with Crippen LogP contribution in [0.5, 0.6) is 0 Å². The Morgan fingerprint density at radius 2 is 1.53 bits per heavy atom. The summed E-state index contributed by atoms with van der Waals surface area (Å²) in [6.07, 6.45) is -1.90. The van der Waals surface area contributed by atoms with Gasteiger partial charge in [-0.3, -0.25) is 4.79 Å². The van der Waals surface area contributed by atoms with Crippen LogP contribution in [-0.2, 0) is 9.53 Å². The largest absolute Gasteiger partial charge is 0.456 e. The van der Waals surface area contributed by atoms with Gasteiger partial charge in [0.2, 0.25) is 0 Å². The zero-order valence-electron chi connectivity index (χ0n) is 12.4. The molecule has 1 aliphatic heterocycles. The third-order valence-corrected chi connectivity index (χ3v) is 2.89. The molecule has 0 radical (unpaired) electrons. The molecule has 0 aromatic heterocycles. The second kappa shape index (κ2) is 6.97. The van der Waals surface area contributed by atoms with E-state index in [0.29, 0.717) is 0 Å². The molecule has 3 atom stereocenters. The molecule has 3 unspecified atom stereocenters. The predicted octanol–water partition coefficient (Wildman–Crippen LogP) is 2.12. The van der Waals surface area contributed by atoms with Gasteiger partial charge in [-0.25, -0.2) is 0 Å². The van der Waals surface area contributed by atoms with Crippen molar-refractivity contribution in [1.82, 2.24) is 0 Å². The maximum atomic E-state index is 11.4. The summed E-state index contributed by atoms with van der Waals surface area (Å²) >= 11 is 0. The van der Waals surface area contributed by atoms with Gasteiger partial charge in [-0.2, -0.15) is 0 Å². The third kappa shape index (κ3) is 3.42. The topological polar surface area (TPSA) is 66.8 Å². The van der Waals surface area contributed by atoms with Gasteiger partial charge in [-0.1, -0.05) is 27.7 Å². The van der Waals surface area contributed by atoms with Gasteiger partial charge in [0, 0.05) is 0 Å². The van der Waals surface area contributed by atoms with Crippen LogP contribution in [0, 0.1) is 5.41 Å². The van der Waals surface area contributed by atoms with Crippen LogP contribution in [0.15, 0.2) is 0 Å². The number of carbonyl (C=O) groups excluding carboxylic acids is 1. The first-order valence-corrected chi connectivity index (χ1v) is 6.32. The monoisotopic (exact) mass is 248 g/mol. The minimum absolute atomic E-state index is 0.542. The zero-order chi connectivity index (χ0) is 14.4. The molecule has 104 valence electrons. The summed E-state index contributed by atoms with van der Waals surface area (Å²) in [5, 5.41) is 19.2. The molecule has 0 aromatic rings. The first kappa shape index (κ1) is 18.7. The van der Waals surface area contributed by atoms with E-state index in [1.54, 1.807) is 13.8 Å². The highest BCUT2D eigenvalue weighted by Crippen LogP contribution is 2.42. The number of carbonyl (C=O) groups is 1. The second-order valence-corrected chi connectivity index (χ2v) is 4.35. The number of aliphatic hydroxyl groups is 2. The number of hydrogen-bond donors (Lipinski definition) is 2. The van der Waals surface area contributed by atoms with Crippen LogP contribution >= 0.6 is 0 Å². The van der Waals surface area contributed by atoms with E-state index in [-0.39, 0.29) is 0 Å². The van der Waals surface area contributed by atoms with E-state index in [1.807, 2.05) is 27.7 Å². The Morgan fingerprint density at radius 3 is 1.65 bits per heavy atom. The Balaban J connectivity index is 0. The zero-order valence-corrected chi connectivity index (χ0v) is 12.4. The fourth-order valence-corrected chi connectivity index (χ4v) is 1.64. The average Bonchev–Trinajstić information content (AvgIpc) is 2.45. The van der Waals surface area contributed by atoms with Gasteiger partial charge in [-0.05, 0) is 27.7 Å². The molecule has 1 saturated heterocycles. The quantitative estimate of drug-likeness (QED) is 0.698. The van der Waals surface area contributed by atoms with Crippen LogP contribution in [0.4, 0.5) is 0 Å². The van der Waals surface area contributed by atoms with Crippen molar-refractivity contribution in [3.63, 3.8) is 0 Å². The second-order valence-electron chi connectivity index (χ2n) is 4.35. The maximum Gasteiger partial charge on any atom is 0.317 e. The molecule has 4 heteroatoms. The van der Waals surface area contributed by atoms with Gasteiger partial charge in [0.25, 0.3) is 0 Å². The summed E-state index contributed by atoms with van der Waals surface area (Å²) in [4.78, 5) is 11.4. The van der Waals surface area contributed by atoms with E-state index in [0.717, 1.165) is 0 Å². The summed E-state index contributed by atoms with van der Waals surface area (Å²) in [5.41, 5.74) is -2.12. The van der Waals surface area contributed by atoms with Crippen molar-refractivity contribution < 1.29 is 19.7 Å². The van der Waals surface area contributed by atoms with E-state index in [1.165, 1.54) is 13.8 Å². The van der Waals surface area contributed by atoms with E-state index in [9.17, 15) is 15.0 Å². The minimum atomic E-state index is -1.20. The lowest BCUT2D eigenvalue weighted by molar-refractivity contribution is -0.155. The molecule has 1 rings (SSSR count). The van der Waals surface area contributed by atoms with Crippen molar-refractivity contribution in [3.8, 4) is 0 Å². The highest BCUT2D eigenvalue weighted by molar-refractivity contribution is 5.81. The van der Waals surface area contributed by atoms with Crippen LogP contribution in [0.2, 0.25) is 0 Å². The molecule has 1 fully saturated rings. The number of aliphatic hydroxyl groups excluding tert-OH is 2. The average molecular weight is 248 g/mol. The molecule has 0 spiro atoms. The molecular formula is C13H28O4. The molecule has 0 aromatic carbocycles. The first-order valence-electron chi connectivity index (χ1n) is 6.32. The number of ether oxygens (including phenoxy) is 1. The van der Waals surface area contributed by atoms with E-state index in [2.05, 4.69) is 0 Å². The Labute approximate surface area is 105 Å². The third-order valence-electron chi connectivity index (χ3n) is 2.89. The van der Waals surface area contributed by atoms with Crippen LogP contribution in [0.3, 0.4) is 0 Å². The molecule has 2 N–H and O–H groups in total.